The molecule has 2 aliphatic rings. The van der Waals surface area contributed by atoms with Gasteiger partial charge in [-0.25, -0.2) is 0 Å². The molecule has 2 rings (SSSR count). The van der Waals surface area contributed by atoms with E-state index in [2.05, 4.69) is 0 Å². The molecule has 3 atom stereocenters. The molecule has 0 amide bonds. The van der Waals surface area contributed by atoms with Crippen molar-refractivity contribution in [3.05, 3.63) is 0 Å². The molecule has 2 saturated carbocycles. The van der Waals surface area contributed by atoms with E-state index in [1.54, 1.807) is 0 Å². The van der Waals surface area contributed by atoms with Crippen LogP contribution in [0.2, 0.25) is 0 Å². The summed E-state index contributed by atoms with van der Waals surface area (Å²) in [6.45, 7) is 0.446. The molecule has 0 aliphatic heterocycles. The first-order valence-corrected chi connectivity index (χ1v) is 4.01. The lowest BCUT2D eigenvalue weighted by atomic mass is 9.90. The van der Waals surface area contributed by atoms with E-state index in [0.717, 1.165) is 11.8 Å². The number of aliphatic hydroxyl groups is 1. The van der Waals surface area contributed by atoms with Crippen LogP contribution in [0.15, 0.2) is 0 Å². The summed E-state index contributed by atoms with van der Waals surface area (Å²) < 4.78 is 0. The molecule has 0 aromatic heterocycles. The summed E-state index contributed by atoms with van der Waals surface area (Å²) in [5.41, 5.74) is 0. The number of rotatable bonds is 1. The molecule has 2 fully saturated rings. The molecule has 9 heavy (non-hydrogen) atoms. The first-order chi connectivity index (χ1) is 4.40. The third-order valence-electron chi connectivity index (χ3n) is 3.12. The standard InChI is InChI=1S/C8H14O/c9-5-8-4-6-1-2-7(8)3-6/h6-9H,1-5H2/t6?,7-,8+/m0/s1. The molecule has 0 aromatic rings. The maximum atomic E-state index is 8.89. The fourth-order valence-electron chi connectivity index (χ4n) is 2.60. The van der Waals surface area contributed by atoms with Gasteiger partial charge in [0.2, 0.25) is 0 Å². The highest BCUT2D eigenvalue weighted by Crippen LogP contribution is 2.47. The molecular weight excluding hydrogens is 112 g/mol. The van der Waals surface area contributed by atoms with Crippen molar-refractivity contribution in [2.45, 2.75) is 25.7 Å². The average molecular weight is 126 g/mol. The highest BCUT2D eigenvalue weighted by Gasteiger charge is 2.38. The minimum atomic E-state index is 0.446. The maximum Gasteiger partial charge on any atom is 0.0462 e. The summed E-state index contributed by atoms with van der Waals surface area (Å²) in [7, 11) is 0. The van der Waals surface area contributed by atoms with Crippen molar-refractivity contribution >= 4 is 0 Å². The van der Waals surface area contributed by atoms with Crippen molar-refractivity contribution in [1.29, 1.82) is 0 Å². The molecule has 0 radical (unpaired) electrons. The Hall–Kier alpha value is -0.0400. The van der Waals surface area contributed by atoms with Crippen molar-refractivity contribution in [2.75, 3.05) is 6.61 Å². The normalized spacial score (nSPS) is 48.3. The van der Waals surface area contributed by atoms with E-state index in [-0.39, 0.29) is 0 Å². The van der Waals surface area contributed by atoms with Crippen molar-refractivity contribution in [2.24, 2.45) is 17.8 Å². The van der Waals surface area contributed by atoms with Gasteiger partial charge in [-0.2, -0.15) is 0 Å². The lowest BCUT2D eigenvalue weighted by Gasteiger charge is -2.18. The van der Waals surface area contributed by atoms with Gasteiger partial charge < -0.3 is 5.11 Å². The number of hydrogen-bond acceptors (Lipinski definition) is 1. The van der Waals surface area contributed by atoms with Crippen molar-refractivity contribution in [3.8, 4) is 0 Å². The Morgan fingerprint density at radius 2 is 2.11 bits per heavy atom. The number of fused-ring (bicyclic) bond motifs is 2. The van der Waals surface area contributed by atoms with Crippen LogP contribution in [-0.4, -0.2) is 11.7 Å². The Kier molecular flexibility index (Phi) is 1.26. The molecule has 0 heterocycles. The first kappa shape index (κ1) is 5.72. The Morgan fingerprint density at radius 3 is 2.44 bits per heavy atom. The Balaban J connectivity index is 2.01. The highest BCUT2D eigenvalue weighted by molar-refractivity contribution is 4.89. The largest absolute Gasteiger partial charge is 0.396 e. The zero-order chi connectivity index (χ0) is 6.27. The molecule has 0 spiro atoms. The van der Waals surface area contributed by atoms with E-state index in [0.29, 0.717) is 12.5 Å². The van der Waals surface area contributed by atoms with E-state index in [4.69, 9.17) is 5.11 Å². The third-order valence-corrected chi connectivity index (χ3v) is 3.12. The lowest BCUT2D eigenvalue weighted by Crippen LogP contribution is -2.13. The average Bonchev–Trinajstić information content (AvgIpc) is 2.45. The second-order valence-electron chi connectivity index (χ2n) is 3.62. The number of hydrogen-bond donors (Lipinski definition) is 1. The van der Waals surface area contributed by atoms with Crippen LogP contribution in [0.25, 0.3) is 0 Å². The fraction of sp³-hybridized carbons (Fsp3) is 1.00. The minimum Gasteiger partial charge on any atom is -0.396 e. The smallest absolute Gasteiger partial charge is 0.0462 e. The quantitative estimate of drug-likeness (QED) is 0.563. The van der Waals surface area contributed by atoms with Gasteiger partial charge in [-0.05, 0) is 37.0 Å². The summed E-state index contributed by atoms with van der Waals surface area (Å²) in [5.74, 6) is 2.58. The maximum absolute atomic E-state index is 8.89. The van der Waals surface area contributed by atoms with Crippen molar-refractivity contribution in [1.82, 2.24) is 0 Å². The van der Waals surface area contributed by atoms with E-state index < -0.39 is 0 Å². The van der Waals surface area contributed by atoms with Gasteiger partial charge in [0.15, 0.2) is 0 Å². The van der Waals surface area contributed by atoms with Crippen molar-refractivity contribution < 1.29 is 5.11 Å². The molecule has 0 saturated heterocycles. The predicted molar refractivity (Wildman–Crippen MR) is 36.0 cm³/mol. The van der Waals surface area contributed by atoms with E-state index in [1.807, 2.05) is 0 Å². The second-order valence-corrected chi connectivity index (χ2v) is 3.62. The first-order valence-electron chi connectivity index (χ1n) is 4.01. The Bertz CT molecular complexity index is 111. The van der Waals surface area contributed by atoms with E-state index in [9.17, 15) is 0 Å². The van der Waals surface area contributed by atoms with Crippen LogP contribution >= 0.6 is 0 Å². The van der Waals surface area contributed by atoms with Crippen molar-refractivity contribution in [3.63, 3.8) is 0 Å². The van der Waals surface area contributed by atoms with E-state index in [1.165, 1.54) is 25.7 Å². The van der Waals surface area contributed by atoms with Crippen LogP contribution in [0.5, 0.6) is 0 Å². The Labute approximate surface area is 56.1 Å². The minimum absolute atomic E-state index is 0.446. The summed E-state index contributed by atoms with van der Waals surface area (Å²) in [6, 6.07) is 0. The van der Waals surface area contributed by atoms with Crippen LogP contribution < -0.4 is 0 Å². The second kappa shape index (κ2) is 1.98. The van der Waals surface area contributed by atoms with E-state index >= 15 is 0 Å². The van der Waals surface area contributed by atoms with Gasteiger partial charge in [0.25, 0.3) is 0 Å². The van der Waals surface area contributed by atoms with Gasteiger partial charge in [0.05, 0.1) is 0 Å². The fourth-order valence-corrected chi connectivity index (χ4v) is 2.60. The van der Waals surface area contributed by atoms with Crippen LogP contribution in [0.1, 0.15) is 25.7 Å². The molecule has 1 nitrogen and oxygen atoms in total. The van der Waals surface area contributed by atoms with Gasteiger partial charge in [0, 0.05) is 6.61 Å². The zero-order valence-corrected chi connectivity index (χ0v) is 5.71. The SMILES string of the molecule is OC[C@H]1CC2CC[C@H]1C2. The lowest BCUT2D eigenvalue weighted by molar-refractivity contribution is 0.177. The summed E-state index contributed by atoms with van der Waals surface area (Å²) in [6.07, 6.45) is 5.59. The molecule has 52 valence electrons. The molecule has 1 unspecified atom stereocenters. The summed E-state index contributed by atoms with van der Waals surface area (Å²) in [5, 5.41) is 8.89. The molecule has 0 aromatic carbocycles. The van der Waals surface area contributed by atoms with Crippen LogP contribution in [-0.2, 0) is 0 Å². The third kappa shape index (κ3) is 0.787. The Morgan fingerprint density at radius 1 is 1.22 bits per heavy atom. The zero-order valence-electron chi connectivity index (χ0n) is 5.71. The van der Waals surface area contributed by atoms with Crippen LogP contribution in [0.3, 0.4) is 0 Å². The molecular formula is C8H14O. The van der Waals surface area contributed by atoms with Gasteiger partial charge in [-0.15, -0.1) is 0 Å². The molecule has 2 aliphatic carbocycles. The molecule has 2 bridgehead atoms. The van der Waals surface area contributed by atoms with Gasteiger partial charge >= 0.3 is 0 Å². The molecule has 1 N–H and O–H groups in total. The van der Waals surface area contributed by atoms with Gasteiger partial charge in [0.1, 0.15) is 0 Å². The van der Waals surface area contributed by atoms with Gasteiger partial charge in [-0.1, -0.05) is 6.42 Å². The number of aliphatic hydroxyl groups excluding tert-OH is 1. The topological polar surface area (TPSA) is 20.2 Å². The summed E-state index contributed by atoms with van der Waals surface area (Å²) >= 11 is 0. The van der Waals surface area contributed by atoms with Gasteiger partial charge in [-0.3, -0.25) is 0 Å². The van der Waals surface area contributed by atoms with Crippen LogP contribution in [0.4, 0.5) is 0 Å². The predicted octanol–water partition coefficient (Wildman–Crippen LogP) is 1.41. The summed E-state index contributed by atoms with van der Waals surface area (Å²) in [4.78, 5) is 0. The molecule has 1 heteroatoms. The monoisotopic (exact) mass is 126 g/mol. The highest BCUT2D eigenvalue weighted by atomic mass is 16.3. The van der Waals surface area contributed by atoms with Crippen LogP contribution in [0, 0.1) is 17.8 Å².